The molecule has 0 N–H and O–H groups in total. The van der Waals surface area contributed by atoms with E-state index in [2.05, 4.69) is 246 Å². The maximum absolute atomic E-state index is 2.54. The van der Waals surface area contributed by atoms with Crippen LogP contribution in [0.1, 0.15) is 22.6 Å². The Hall–Kier alpha value is -8.46. The minimum Gasteiger partial charge on any atom is -0.309 e. The molecule has 0 amide bonds. The lowest BCUT2D eigenvalue weighted by molar-refractivity contribution is 0.788. The minimum absolute atomic E-state index is 0.129. The summed E-state index contributed by atoms with van der Waals surface area (Å²) in [5, 5.41) is 10.1. The summed E-state index contributed by atoms with van der Waals surface area (Å²) in [6.45, 7) is 0. The van der Waals surface area contributed by atoms with Crippen LogP contribution in [0.2, 0.25) is 0 Å². The van der Waals surface area contributed by atoms with Gasteiger partial charge in [0.1, 0.15) is 0 Å². The van der Waals surface area contributed by atoms with Gasteiger partial charge in [-0.25, -0.2) is 0 Å². The first-order chi connectivity index (χ1) is 32.8. The molecule has 0 aliphatic heterocycles. The number of rotatable bonds is 5. The van der Waals surface area contributed by atoms with Crippen molar-refractivity contribution in [3.05, 3.63) is 253 Å². The van der Waals surface area contributed by atoms with Gasteiger partial charge in [0, 0.05) is 33.2 Å². The van der Waals surface area contributed by atoms with Crippen LogP contribution in [0.3, 0.4) is 0 Å². The molecular weight excluding hydrogens is 797 g/mol. The number of fused-ring (bicyclic) bond motifs is 11. The lowest BCUT2D eigenvalue weighted by atomic mass is 9.75. The van der Waals surface area contributed by atoms with Crippen LogP contribution in [-0.2, 0) is 6.42 Å². The van der Waals surface area contributed by atoms with E-state index in [-0.39, 0.29) is 5.92 Å². The Morgan fingerprint density at radius 2 is 0.758 bits per heavy atom. The van der Waals surface area contributed by atoms with Crippen LogP contribution in [-0.4, -0.2) is 9.13 Å². The number of para-hydroxylation sites is 3. The van der Waals surface area contributed by atoms with Crippen molar-refractivity contribution in [2.75, 3.05) is 0 Å². The highest BCUT2D eigenvalue weighted by Gasteiger charge is 2.30. The third-order valence-electron chi connectivity index (χ3n) is 14.5. The summed E-state index contributed by atoms with van der Waals surface area (Å²) in [6.07, 6.45) is 0.919. The SMILES string of the molecule is c1ccc(-c2c3ccccc3c(-c3ccc(-n4c5ccccc5c5cc(-n6c7ccccc7c7ccccc76)c([C@H]6Cc7ccccc7-c7ccccc76)cc54)cc3)c3ccccc23)cc1. The fourth-order valence-corrected chi connectivity index (χ4v) is 11.7. The molecule has 2 heterocycles. The number of hydrogen-bond acceptors (Lipinski definition) is 0. The van der Waals surface area contributed by atoms with Gasteiger partial charge < -0.3 is 9.13 Å². The Morgan fingerprint density at radius 1 is 0.303 bits per heavy atom. The van der Waals surface area contributed by atoms with E-state index in [1.165, 1.54) is 121 Å². The number of hydrogen-bond donors (Lipinski definition) is 0. The average Bonchev–Trinajstić information content (AvgIpc) is 3.90. The average molecular weight is 839 g/mol. The molecule has 1 aliphatic rings. The van der Waals surface area contributed by atoms with Crippen molar-refractivity contribution >= 4 is 65.2 Å². The van der Waals surface area contributed by atoms with E-state index in [1.807, 2.05) is 0 Å². The smallest absolute Gasteiger partial charge is 0.0545 e. The molecule has 13 aromatic rings. The molecule has 14 rings (SSSR count). The molecule has 0 saturated carbocycles. The third kappa shape index (κ3) is 5.42. The van der Waals surface area contributed by atoms with Crippen LogP contribution in [0.15, 0.2) is 237 Å². The summed E-state index contributed by atoms with van der Waals surface area (Å²) in [4.78, 5) is 0. The summed E-state index contributed by atoms with van der Waals surface area (Å²) in [5.74, 6) is 0.129. The lowest BCUT2D eigenvalue weighted by Crippen LogP contribution is -2.15. The largest absolute Gasteiger partial charge is 0.309 e. The first kappa shape index (κ1) is 37.0. The number of benzene rings is 11. The van der Waals surface area contributed by atoms with Gasteiger partial charge in [-0.15, -0.1) is 0 Å². The molecule has 1 atom stereocenters. The van der Waals surface area contributed by atoms with Crippen molar-refractivity contribution < 1.29 is 0 Å². The minimum atomic E-state index is 0.129. The van der Waals surface area contributed by atoms with Crippen molar-refractivity contribution in [3.63, 3.8) is 0 Å². The molecule has 0 fully saturated rings. The first-order valence-corrected chi connectivity index (χ1v) is 23.1. The maximum atomic E-state index is 2.54. The molecule has 2 nitrogen and oxygen atoms in total. The second-order valence-corrected chi connectivity index (χ2v) is 17.9. The summed E-state index contributed by atoms with van der Waals surface area (Å²) in [6, 6.07) is 88.0. The van der Waals surface area contributed by atoms with E-state index in [0.29, 0.717) is 0 Å². The van der Waals surface area contributed by atoms with Crippen LogP contribution in [0, 0.1) is 0 Å². The van der Waals surface area contributed by atoms with Gasteiger partial charge in [-0.05, 0) is 121 Å². The summed E-state index contributed by atoms with van der Waals surface area (Å²) in [7, 11) is 0. The highest BCUT2D eigenvalue weighted by molar-refractivity contribution is 6.21. The second kappa shape index (κ2) is 14.5. The molecule has 2 heteroatoms. The Morgan fingerprint density at radius 3 is 1.36 bits per heavy atom. The van der Waals surface area contributed by atoms with Crippen molar-refractivity contribution in [2.24, 2.45) is 0 Å². The Kier molecular flexibility index (Phi) is 8.14. The normalized spacial score (nSPS) is 13.5. The van der Waals surface area contributed by atoms with Gasteiger partial charge in [-0.2, -0.15) is 0 Å². The van der Waals surface area contributed by atoms with Crippen molar-refractivity contribution in [2.45, 2.75) is 12.3 Å². The Balaban J connectivity index is 1.02. The van der Waals surface area contributed by atoms with E-state index < -0.39 is 0 Å². The van der Waals surface area contributed by atoms with Crippen LogP contribution in [0.5, 0.6) is 0 Å². The van der Waals surface area contributed by atoms with E-state index >= 15 is 0 Å². The van der Waals surface area contributed by atoms with Gasteiger partial charge in [-0.1, -0.05) is 194 Å². The molecule has 0 bridgehead atoms. The monoisotopic (exact) mass is 838 g/mol. The zero-order valence-corrected chi connectivity index (χ0v) is 36.2. The molecule has 66 heavy (non-hydrogen) atoms. The standard InChI is InChI=1S/C64H42N2/c1-2-18-41(19-3-1)63-51-27-8-10-29-53(51)64(54-30-11-9-28-52(54)63)42-34-36-44(37-35-42)65-58-31-15-14-26-50(58)56-39-62(66-59-32-16-12-24-48(59)49-25-13-17-33-60(49)66)57(40-61(56)65)55-38-43-20-4-5-21-45(43)46-22-6-7-23-47(46)55/h1-37,39-40,55H,38H2/t55-/m0/s1. The van der Waals surface area contributed by atoms with Gasteiger partial charge in [0.15, 0.2) is 0 Å². The highest BCUT2D eigenvalue weighted by atomic mass is 15.0. The van der Waals surface area contributed by atoms with Crippen molar-refractivity contribution in [3.8, 4) is 44.8 Å². The summed E-state index contributed by atoms with van der Waals surface area (Å²) >= 11 is 0. The Labute approximate surface area is 382 Å². The van der Waals surface area contributed by atoms with Crippen molar-refractivity contribution in [1.29, 1.82) is 0 Å². The van der Waals surface area contributed by atoms with Crippen LogP contribution in [0.25, 0.3) is 110 Å². The molecule has 308 valence electrons. The number of nitrogens with zero attached hydrogens (tertiary/aromatic N) is 2. The quantitative estimate of drug-likeness (QED) is 0.153. The van der Waals surface area contributed by atoms with E-state index in [9.17, 15) is 0 Å². The molecule has 0 unspecified atom stereocenters. The first-order valence-electron chi connectivity index (χ1n) is 23.1. The van der Waals surface area contributed by atoms with E-state index in [1.54, 1.807) is 0 Å². The van der Waals surface area contributed by atoms with Crippen LogP contribution < -0.4 is 0 Å². The maximum Gasteiger partial charge on any atom is 0.0545 e. The molecule has 0 saturated heterocycles. The molecular formula is C64H42N2. The molecule has 11 aromatic carbocycles. The zero-order valence-electron chi connectivity index (χ0n) is 36.2. The summed E-state index contributed by atoms with van der Waals surface area (Å²) < 4.78 is 5.05. The number of aromatic nitrogens is 2. The predicted molar refractivity (Wildman–Crippen MR) is 278 cm³/mol. The van der Waals surface area contributed by atoms with E-state index in [0.717, 1.165) is 12.1 Å². The molecule has 1 aliphatic carbocycles. The van der Waals surface area contributed by atoms with Gasteiger partial charge >= 0.3 is 0 Å². The van der Waals surface area contributed by atoms with Crippen LogP contribution >= 0.6 is 0 Å². The van der Waals surface area contributed by atoms with Gasteiger partial charge in [0.2, 0.25) is 0 Å². The predicted octanol–water partition coefficient (Wildman–Crippen LogP) is 16.9. The highest BCUT2D eigenvalue weighted by Crippen LogP contribution is 2.48. The fraction of sp³-hybridized carbons (Fsp3) is 0.0312. The Bertz CT molecular complexity index is 3960. The van der Waals surface area contributed by atoms with Crippen molar-refractivity contribution in [1.82, 2.24) is 9.13 Å². The summed E-state index contributed by atoms with van der Waals surface area (Å²) in [5.41, 5.74) is 19.0. The third-order valence-corrected chi connectivity index (χ3v) is 14.5. The molecule has 2 aromatic heterocycles. The topological polar surface area (TPSA) is 9.86 Å². The van der Waals surface area contributed by atoms with Gasteiger partial charge in [-0.3, -0.25) is 0 Å². The zero-order chi connectivity index (χ0) is 43.3. The molecule has 0 radical (unpaired) electrons. The van der Waals surface area contributed by atoms with Gasteiger partial charge in [0.05, 0.1) is 27.8 Å². The fourth-order valence-electron chi connectivity index (χ4n) is 11.7. The lowest BCUT2D eigenvalue weighted by Gasteiger charge is -2.30. The molecule has 0 spiro atoms. The van der Waals surface area contributed by atoms with Gasteiger partial charge in [0.25, 0.3) is 0 Å². The van der Waals surface area contributed by atoms with Crippen LogP contribution in [0.4, 0.5) is 0 Å². The second-order valence-electron chi connectivity index (χ2n) is 17.9. The van der Waals surface area contributed by atoms with E-state index in [4.69, 9.17) is 0 Å².